The predicted molar refractivity (Wildman–Crippen MR) is 173 cm³/mol. The summed E-state index contributed by atoms with van der Waals surface area (Å²) in [6, 6.07) is 17.3. The van der Waals surface area contributed by atoms with Crippen LogP contribution in [0.1, 0.15) is 20.8 Å². The number of pyridine rings is 1. The maximum atomic E-state index is 13.4. The minimum absolute atomic E-state index is 0.246. The van der Waals surface area contributed by atoms with Crippen molar-refractivity contribution < 1.29 is 9.53 Å². The Bertz CT molecular complexity index is 1850. The molecule has 43 heavy (non-hydrogen) atoms. The number of thiophene rings is 1. The average molecular weight is 596 g/mol. The number of para-hydroxylation sites is 1. The van der Waals surface area contributed by atoms with E-state index in [-0.39, 0.29) is 5.91 Å². The van der Waals surface area contributed by atoms with E-state index in [2.05, 4.69) is 20.5 Å². The average Bonchev–Trinajstić information content (AvgIpc) is 3.51. The lowest BCUT2D eigenvalue weighted by molar-refractivity contribution is 0.103. The molecule has 1 amide bonds. The molecule has 2 N–H and O–H groups in total. The van der Waals surface area contributed by atoms with E-state index in [4.69, 9.17) is 4.74 Å². The van der Waals surface area contributed by atoms with E-state index in [0.29, 0.717) is 53.6 Å². The third-order valence-electron chi connectivity index (χ3n) is 8.03. The van der Waals surface area contributed by atoms with E-state index < -0.39 is 10.9 Å². The number of hydrogen-bond acceptors (Lipinski definition) is 9. The van der Waals surface area contributed by atoms with Crippen LogP contribution in [-0.4, -0.2) is 62.2 Å². The predicted octanol–water partition coefficient (Wildman–Crippen LogP) is 4.50. The number of nitrogens with zero attached hydrogens (tertiary/aromatic N) is 3. The standard InChI is InChI=1S/C33H33N5O4S/c1-21-7-8-23(19-25(21)28-29(31(40)30(28)39)38-14-12-37(13-15-38)16-17-42-2)36-33(41)32-27(10-18-43-32)35-20-22-9-11-34-26-6-4-3-5-24(22)26/h3-11,18-19,35H,12-17,20H2,1-2H3,(H,36,41). The van der Waals surface area contributed by atoms with Gasteiger partial charge in [0.25, 0.3) is 5.91 Å². The van der Waals surface area contributed by atoms with Gasteiger partial charge in [0.2, 0.25) is 10.9 Å². The Morgan fingerprint density at radius 2 is 1.84 bits per heavy atom. The highest BCUT2D eigenvalue weighted by Crippen LogP contribution is 2.33. The normalized spacial score (nSPS) is 14.0. The lowest BCUT2D eigenvalue weighted by atomic mass is 9.93. The first-order valence-electron chi connectivity index (χ1n) is 14.3. The van der Waals surface area contributed by atoms with Crippen LogP contribution in [0.3, 0.4) is 0 Å². The SMILES string of the molecule is COCCN1CCN(c2c(-c3cc(NC(=O)c4sccc4NCc4ccnc5ccccc45)ccc3C)c(=O)c2=O)CC1. The molecule has 0 bridgehead atoms. The summed E-state index contributed by atoms with van der Waals surface area (Å²) in [6.07, 6.45) is 1.79. The molecule has 220 valence electrons. The summed E-state index contributed by atoms with van der Waals surface area (Å²) in [5, 5.41) is 9.36. The lowest BCUT2D eigenvalue weighted by Gasteiger charge is -2.37. The number of ether oxygens (including phenoxy) is 1. The number of aromatic nitrogens is 1. The Balaban J connectivity index is 1.18. The Morgan fingerprint density at radius 1 is 1.02 bits per heavy atom. The van der Waals surface area contributed by atoms with Crippen LogP contribution in [-0.2, 0) is 11.3 Å². The number of carbonyl (C=O) groups is 1. The molecule has 1 aliphatic rings. The van der Waals surface area contributed by atoms with E-state index in [1.54, 1.807) is 19.4 Å². The van der Waals surface area contributed by atoms with Crippen LogP contribution in [0, 0.1) is 6.92 Å². The highest BCUT2D eigenvalue weighted by atomic mass is 32.1. The number of methoxy groups -OCH3 is 1. The number of piperazine rings is 1. The minimum Gasteiger partial charge on any atom is -0.383 e. The molecule has 1 aliphatic heterocycles. The van der Waals surface area contributed by atoms with E-state index in [1.807, 2.05) is 65.7 Å². The molecule has 0 unspecified atom stereocenters. The van der Waals surface area contributed by atoms with E-state index in [0.717, 1.165) is 47.4 Å². The number of benzene rings is 2. The number of aryl methyl sites for hydroxylation is 1. The van der Waals surface area contributed by atoms with Gasteiger partial charge in [0.15, 0.2) is 0 Å². The molecule has 6 rings (SSSR count). The van der Waals surface area contributed by atoms with Crippen molar-refractivity contribution in [2.24, 2.45) is 0 Å². The molecule has 2 aromatic heterocycles. The molecule has 3 heterocycles. The van der Waals surface area contributed by atoms with Crippen molar-refractivity contribution in [2.45, 2.75) is 13.5 Å². The summed E-state index contributed by atoms with van der Waals surface area (Å²) in [5.74, 6) is -0.246. The second-order valence-electron chi connectivity index (χ2n) is 10.7. The van der Waals surface area contributed by atoms with Gasteiger partial charge in [0.05, 0.1) is 23.4 Å². The highest BCUT2D eigenvalue weighted by Gasteiger charge is 2.30. The summed E-state index contributed by atoms with van der Waals surface area (Å²) >= 11 is 1.36. The van der Waals surface area contributed by atoms with Crippen molar-refractivity contribution in [1.82, 2.24) is 9.88 Å². The van der Waals surface area contributed by atoms with Crippen LogP contribution < -0.4 is 26.4 Å². The van der Waals surface area contributed by atoms with E-state index in [1.165, 1.54) is 11.3 Å². The van der Waals surface area contributed by atoms with Crippen LogP contribution in [0.4, 0.5) is 17.1 Å². The summed E-state index contributed by atoms with van der Waals surface area (Å²) in [4.78, 5) is 48.3. The molecule has 0 radical (unpaired) electrons. The van der Waals surface area contributed by atoms with Gasteiger partial charge in [-0.2, -0.15) is 0 Å². The van der Waals surface area contributed by atoms with E-state index >= 15 is 0 Å². The highest BCUT2D eigenvalue weighted by molar-refractivity contribution is 7.12. The first-order chi connectivity index (χ1) is 20.9. The number of amides is 1. The van der Waals surface area contributed by atoms with Crippen molar-refractivity contribution >= 4 is 45.2 Å². The van der Waals surface area contributed by atoms with Gasteiger partial charge in [-0.05, 0) is 59.3 Å². The zero-order valence-corrected chi connectivity index (χ0v) is 25.0. The lowest BCUT2D eigenvalue weighted by Crippen LogP contribution is -2.52. The molecule has 1 fully saturated rings. The van der Waals surface area contributed by atoms with Crippen molar-refractivity contribution in [3.63, 3.8) is 0 Å². The molecule has 9 nitrogen and oxygen atoms in total. The molecule has 1 saturated heterocycles. The largest absolute Gasteiger partial charge is 0.383 e. The molecular weight excluding hydrogens is 562 g/mol. The van der Waals surface area contributed by atoms with Gasteiger partial charge in [-0.25, -0.2) is 0 Å². The van der Waals surface area contributed by atoms with Gasteiger partial charge in [-0.3, -0.25) is 24.3 Å². The van der Waals surface area contributed by atoms with Crippen molar-refractivity contribution in [2.75, 3.05) is 62.0 Å². The van der Waals surface area contributed by atoms with Crippen LogP contribution in [0.2, 0.25) is 0 Å². The first kappa shape index (κ1) is 28.7. The Kier molecular flexibility index (Phi) is 8.33. The van der Waals surface area contributed by atoms with Gasteiger partial charge in [-0.1, -0.05) is 24.3 Å². The molecule has 0 aliphatic carbocycles. The fraction of sp³-hybridized carbons (Fsp3) is 0.273. The zero-order chi connectivity index (χ0) is 29.9. The Morgan fingerprint density at radius 3 is 2.65 bits per heavy atom. The second-order valence-corrected chi connectivity index (χ2v) is 11.6. The van der Waals surface area contributed by atoms with Crippen molar-refractivity contribution in [1.29, 1.82) is 0 Å². The molecule has 0 saturated carbocycles. The third kappa shape index (κ3) is 5.81. The quantitative estimate of drug-likeness (QED) is 0.228. The molecule has 0 atom stereocenters. The molecule has 10 heteroatoms. The fourth-order valence-corrected chi connectivity index (χ4v) is 6.39. The van der Waals surface area contributed by atoms with Gasteiger partial charge >= 0.3 is 0 Å². The maximum absolute atomic E-state index is 13.4. The summed E-state index contributed by atoms with van der Waals surface area (Å²) in [5.41, 5.74) is 4.87. The van der Waals surface area contributed by atoms with Crippen molar-refractivity contribution in [3.8, 4) is 11.1 Å². The van der Waals surface area contributed by atoms with Crippen molar-refractivity contribution in [3.05, 3.63) is 103 Å². The second kappa shape index (κ2) is 12.5. The van der Waals surface area contributed by atoms with Gasteiger partial charge in [0, 0.05) is 63.6 Å². The number of fused-ring (bicyclic) bond motifs is 1. The molecule has 5 aromatic rings. The first-order valence-corrected chi connectivity index (χ1v) is 15.2. The van der Waals surface area contributed by atoms with Gasteiger partial charge < -0.3 is 20.3 Å². The number of nitrogens with one attached hydrogen (secondary N) is 2. The minimum atomic E-state index is -0.475. The molecule has 0 spiro atoms. The van der Waals surface area contributed by atoms with Crippen LogP contribution in [0.5, 0.6) is 0 Å². The van der Waals surface area contributed by atoms with E-state index in [9.17, 15) is 14.4 Å². The topological polar surface area (TPSA) is 104 Å². The van der Waals surface area contributed by atoms with Gasteiger partial charge in [-0.15, -0.1) is 11.3 Å². The monoisotopic (exact) mass is 595 g/mol. The zero-order valence-electron chi connectivity index (χ0n) is 24.2. The number of carbonyl (C=O) groups excluding carboxylic acids is 1. The fourth-order valence-electron chi connectivity index (χ4n) is 5.63. The van der Waals surface area contributed by atoms with Gasteiger partial charge in [0.1, 0.15) is 10.6 Å². The van der Waals surface area contributed by atoms with Crippen LogP contribution >= 0.6 is 11.3 Å². The van der Waals surface area contributed by atoms with Crippen LogP contribution in [0.15, 0.2) is 75.8 Å². The number of anilines is 3. The number of rotatable bonds is 10. The maximum Gasteiger partial charge on any atom is 0.267 e. The van der Waals surface area contributed by atoms with Crippen LogP contribution in [0.25, 0.3) is 22.0 Å². The summed E-state index contributed by atoms with van der Waals surface area (Å²) in [6.45, 7) is 6.88. The summed E-state index contributed by atoms with van der Waals surface area (Å²) in [7, 11) is 1.69. The Hall–Kier alpha value is -4.38. The smallest absolute Gasteiger partial charge is 0.267 e. The molecular formula is C33H33N5O4S. The third-order valence-corrected chi connectivity index (χ3v) is 8.94. The number of hydrogen-bond donors (Lipinski definition) is 2. The summed E-state index contributed by atoms with van der Waals surface area (Å²) < 4.78 is 5.19. The Labute approximate surface area is 253 Å². The molecule has 3 aromatic carbocycles.